The smallest absolute Gasteiger partial charge is 0.264 e. The zero-order chi connectivity index (χ0) is 30.4. The van der Waals surface area contributed by atoms with Crippen molar-refractivity contribution in [1.82, 2.24) is 25.1 Å². The summed E-state index contributed by atoms with van der Waals surface area (Å²) in [6.45, 7) is 8.51. The second kappa shape index (κ2) is 11.2. The number of carbonyl (C=O) groups excluding carboxylic acids is 2. The Morgan fingerprint density at radius 1 is 1.05 bits per heavy atom. The molecule has 3 aliphatic heterocycles. The molecule has 2 saturated heterocycles. The molecule has 3 aliphatic rings. The number of aromatic nitrogens is 2. The molecule has 2 amide bonds. The molecule has 0 aliphatic carbocycles. The molecule has 226 valence electrons. The first kappa shape index (κ1) is 29.1. The standard InChI is InChI=1S/C31H36N6O5S/c1-4-36-15-7-12-25(36)29(39)37-16-13-31(14-17-37)34-28(38)22-10-6-11-23(18-22)43(40,41)35-30-32-24(19-26(33-30)42-31)27-20(2)8-5-9-21(27)3/h5-6,8-11,18-19,25H,4,7,12-17H2,1-3H3,(H,34,38)(H,32,33,35). The zero-order valence-corrected chi connectivity index (χ0v) is 25.4. The Morgan fingerprint density at radius 3 is 2.49 bits per heavy atom. The van der Waals surface area contributed by atoms with E-state index in [4.69, 9.17) is 4.74 Å². The zero-order valence-electron chi connectivity index (χ0n) is 24.6. The van der Waals surface area contributed by atoms with Crippen LogP contribution in [0.4, 0.5) is 5.95 Å². The number of likely N-dealkylation sites (N-methyl/N-ethyl adjacent to an activating group) is 1. The third kappa shape index (κ3) is 5.68. The molecule has 3 aromatic rings. The number of sulfonamides is 1. The van der Waals surface area contributed by atoms with E-state index in [1.165, 1.54) is 18.2 Å². The van der Waals surface area contributed by atoms with Gasteiger partial charge in [-0.3, -0.25) is 14.5 Å². The van der Waals surface area contributed by atoms with Crippen LogP contribution in [0.1, 0.15) is 54.1 Å². The van der Waals surface area contributed by atoms with E-state index in [1.54, 1.807) is 12.1 Å². The third-order valence-corrected chi connectivity index (χ3v) is 9.98. The summed E-state index contributed by atoms with van der Waals surface area (Å²) in [5, 5.41) is 3.04. The fourth-order valence-electron chi connectivity index (χ4n) is 6.37. The second-order valence-electron chi connectivity index (χ2n) is 11.5. The lowest BCUT2D eigenvalue weighted by Gasteiger charge is -2.43. The summed E-state index contributed by atoms with van der Waals surface area (Å²) in [6, 6.07) is 13.2. The summed E-state index contributed by atoms with van der Waals surface area (Å²) in [4.78, 5) is 40.0. The van der Waals surface area contributed by atoms with E-state index < -0.39 is 21.7 Å². The van der Waals surface area contributed by atoms with Crippen LogP contribution >= 0.6 is 0 Å². The van der Waals surface area contributed by atoms with Gasteiger partial charge in [-0.1, -0.05) is 31.2 Å². The Labute approximate surface area is 251 Å². The predicted molar refractivity (Wildman–Crippen MR) is 161 cm³/mol. The van der Waals surface area contributed by atoms with Crippen molar-refractivity contribution in [1.29, 1.82) is 0 Å². The molecule has 43 heavy (non-hydrogen) atoms. The van der Waals surface area contributed by atoms with E-state index in [1.807, 2.05) is 36.9 Å². The number of carbonyl (C=O) groups is 2. The van der Waals surface area contributed by atoms with Crippen molar-refractivity contribution in [2.45, 2.75) is 63.1 Å². The van der Waals surface area contributed by atoms with E-state index in [0.29, 0.717) is 31.6 Å². The number of likely N-dealkylation sites (tertiary alicyclic amines) is 2. The Balaban J connectivity index is 1.40. The van der Waals surface area contributed by atoms with Crippen LogP contribution in [0.2, 0.25) is 0 Å². The van der Waals surface area contributed by atoms with Crippen molar-refractivity contribution in [2.24, 2.45) is 0 Å². The first-order valence-electron chi connectivity index (χ1n) is 14.7. The first-order valence-corrected chi connectivity index (χ1v) is 16.2. The number of benzene rings is 2. The predicted octanol–water partition coefficient (Wildman–Crippen LogP) is 3.49. The highest BCUT2D eigenvalue weighted by Crippen LogP contribution is 2.33. The van der Waals surface area contributed by atoms with Gasteiger partial charge in [0, 0.05) is 43.1 Å². The quantitative estimate of drug-likeness (QED) is 0.464. The molecule has 1 atom stereocenters. The number of piperidine rings is 1. The summed E-state index contributed by atoms with van der Waals surface area (Å²) in [7, 11) is -4.11. The van der Waals surface area contributed by atoms with Gasteiger partial charge in [0.2, 0.25) is 17.7 Å². The van der Waals surface area contributed by atoms with Gasteiger partial charge in [-0.15, -0.1) is 0 Å². The molecular weight excluding hydrogens is 568 g/mol. The van der Waals surface area contributed by atoms with Gasteiger partial charge in [-0.2, -0.15) is 4.98 Å². The summed E-state index contributed by atoms with van der Waals surface area (Å²) in [5.41, 5.74) is 2.21. The molecule has 4 bridgehead atoms. The molecule has 1 unspecified atom stereocenters. The topological polar surface area (TPSA) is 134 Å². The maximum Gasteiger partial charge on any atom is 0.264 e. The van der Waals surface area contributed by atoms with Crippen LogP contribution in [0, 0.1) is 13.8 Å². The lowest BCUT2D eigenvalue weighted by molar-refractivity contribution is -0.140. The van der Waals surface area contributed by atoms with Gasteiger partial charge in [0.1, 0.15) is 0 Å². The number of ether oxygens (including phenoxy) is 1. The minimum Gasteiger partial charge on any atom is -0.451 e. The maximum atomic E-state index is 13.6. The van der Waals surface area contributed by atoms with Gasteiger partial charge < -0.3 is 15.0 Å². The molecule has 1 spiro atoms. The number of nitrogens with zero attached hydrogens (tertiary/aromatic N) is 4. The molecule has 0 saturated carbocycles. The third-order valence-electron chi connectivity index (χ3n) is 8.65. The fraction of sp³-hybridized carbons (Fsp3) is 0.419. The van der Waals surface area contributed by atoms with Crippen LogP contribution in [-0.4, -0.2) is 77.9 Å². The summed E-state index contributed by atoms with van der Waals surface area (Å²) in [5.74, 6) is -0.397. The van der Waals surface area contributed by atoms with Crippen LogP contribution in [0.15, 0.2) is 53.4 Å². The normalized spacial score (nSPS) is 21.2. The van der Waals surface area contributed by atoms with E-state index in [0.717, 1.165) is 42.6 Å². The average Bonchev–Trinajstić information content (AvgIpc) is 3.45. The highest BCUT2D eigenvalue weighted by atomic mass is 32.2. The minimum atomic E-state index is -4.11. The van der Waals surface area contributed by atoms with Crippen molar-refractivity contribution in [3.63, 3.8) is 0 Å². The molecule has 12 heteroatoms. The average molecular weight is 605 g/mol. The highest BCUT2D eigenvalue weighted by molar-refractivity contribution is 7.92. The summed E-state index contributed by atoms with van der Waals surface area (Å²) < 4.78 is 35.7. The van der Waals surface area contributed by atoms with E-state index in [9.17, 15) is 18.0 Å². The maximum absolute atomic E-state index is 13.6. The lowest BCUT2D eigenvalue weighted by atomic mass is 9.98. The molecule has 0 radical (unpaired) electrons. The fourth-order valence-corrected chi connectivity index (χ4v) is 7.36. The number of fused-ring (bicyclic) bond motifs is 4. The largest absolute Gasteiger partial charge is 0.451 e. The van der Waals surface area contributed by atoms with Crippen molar-refractivity contribution in [3.8, 4) is 17.1 Å². The van der Waals surface area contributed by atoms with Crippen molar-refractivity contribution >= 4 is 27.8 Å². The SMILES string of the molecule is CCN1CCCC1C(=O)N1CCC2(CC1)NC(=O)c1cccc(c1)S(=O)(=O)Nc1nc(cc(-c3c(C)cccc3C)n1)O2. The van der Waals surface area contributed by atoms with E-state index in [2.05, 4.69) is 31.8 Å². The Kier molecular flexibility index (Phi) is 7.59. The number of hydrogen-bond acceptors (Lipinski definition) is 8. The Hall–Kier alpha value is -4.03. The van der Waals surface area contributed by atoms with Crippen molar-refractivity contribution < 1.29 is 22.7 Å². The van der Waals surface area contributed by atoms with Gasteiger partial charge in [0.25, 0.3) is 15.9 Å². The van der Waals surface area contributed by atoms with Crippen LogP contribution in [0.5, 0.6) is 5.88 Å². The van der Waals surface area contributed by atoms with E-state index >= 15 is 0 Å². The summed E-state index contributed by atoms with van der Waals surface area (Å²) >= 11 is 0. The monoisotopic (exact) mass is 604 g/mol. The minimum absolute atomic E-state index is 0.0872. The summed E-state index contributed by atoms with van der Waals surface area (Å²) in [6.07, 6.45) is 2.50. The van der Waals surface area contributed by atoms with Crippen LogP contribution in [0.25, 0.3) is 11.3 Å². The van der Waals surface area contributed by atoms with Crippen LogP contribution in [-0.2, 0) is 14.8 Å². The molecular formula is C31H36N6O5S. The van der Waals surface area contributed by atoms with Gasteiger partial charge in [-0.25, -0.2) is 18.1 Å². The number of anilines is 1. The number of hydrogen-bond donors (Lipinski definition) is 2. The highest BCUT2D eigenvalue weighted by Gasteiger charge is 2.43. The lowest BCUT2D eigenvalue weighted by Crippen LogP contribution is -2.61. The molecule has 6 rings (SSSR count). The van der Waals surface area contributed by atoms with Gasteiger partial charge in [0.15, 0.2) is 5.72 Å². The molecule has 2 aromatic carbocycles. The van der Waals surface area contributed by atoms with Gasteiger partial charge in [-0.05, 0) is 69.1 Å². The molecule has 4 heterocycles. The van der Waals surface area contributed by atoms with Crippen molar-refractivity contribution in [3.05, 3.63) is 65.2 Å². The molecule has 2 N–H and O–H groups in total. The Bertz CT molecular complexity index is 1670. The molecule has 1 aromatic heterocycles. The van der Waals surface area contributed by atoms with Crippen LogP contribution < -0.4 is 14.8 Å². The molecule has 11 nitrogen and oxygen atoms in total. The first-order chi connectivity index (χ1) is 20.6. The molecule has 2 fully saturated rings. The Morgan fingerprint density at radius 2 is 1.77 bits per heavy atom. The van der Waals surface area contributed by atoms with E-state index in [-0.39, 0.29) is 34.2 Å². The number of aryl methyl sites for hydroxylation is 2. The van der Waals surface area contributed by atoms with Crippen LogP contribution in [0.3, 0.4) is 0 Å². The van der Waals surface area contributed by atoms with Crippen molar-refractivity contribution in [2.75, 3.05) is 30.9 Å². The number of nitrogens with one attached hydrogen (secondary N) is 2. The second-order valence-corrected chi connectivity index (χ2v) is 13.2. The van der Waals surface area contributed by atoms with Gasteiger partial charge >= 0.3 is 0 Å². The number of rotatable bonds is 3. The van der Waals surface area contributed by atoms with Gasteiger partial charge in [0.05, 0.1) is 16.6 Å². The number of amides is 2.